The number of nitrogens with one attached hydrogen (secondary N) is 2. The summed E-state index contributed by atoms with van der Waals surface area (Å²) in [6, 6.07) is 14.6. The summed E-state index contributed by atoms with van der Waals surface area (Å²) < 4.78 is 7.12. The van der Waals surface area contributed by atoms with Gasteiger partial charge in [0.15, 0.2) is 11.5 Å². The highest BCUT2D eigenvalue weighted by Crippen LogP contribution is 2.31. The van der Waals surface area contributed by atoms with Crippen molar-refractivity contribution in [3.8, 4) is 17.1 Å². The Morgan fingerprint density at radius 2 is 1.88 bits per heavy atom. The van der Waals surface area contributed by atoms with E-state index in [9.17, 15) is 9.59 Å². The largest absolute Gasteiger partial charge is 0.444 e. The van der Waals surface area contributed by atoms with Gasteiger partial charge in [-0.25, -0.2) is 19.7 Å². The predicted octanol–water partition coefficient (Wildman–Crippen LogP) is 4.73. The van der Waals surface area contributed by atoms with Crippen molar-refractivity contribution in [1.29, 1.82) is 0 Å². The quantitative estimate of drug-likeness (QED) is 0.306. The van der Waals surface area contributed by atoms with Crippen LogP contribution < -0.4 is 10.6 Å². The van der Waals surface area contributed by atoms with Gasteiger partial charge in [-0.1, -0.05) is 23.7 Å². The van der Waals surface area contributed by atoms with Crippen LogP contribution in [0.5, 0.6) is 0 Å². The molecule has 10 heteroatoms. The summed E-state index contributed by atoms with van der Waals surface area (Å²) in [5.41, 5.74) is 2.91. The Bertz CT molecular complexity index is 1350. The highest BCUT2D eigenvalue weighted by atomic mass is 35.5. The van der Waals surface area contributed by atoms with Crippen LogP contribution in [-0.4, -0.2) is 37.6 Å². The predicted molar refractivity (Wildman–Crippen MR) is 130 cm³/mol. The van der Waals surface area contributed by atoms with Crippen molar-refractivity contribution >= 4 is 41.1 Å². The summed E-state index contributed by atoms with van der Waals surface area (Å²) >= 11 is 6.18. The zero-order valence-corrected chi connectivity index (χ0v) is 19.6. The van der Waals surface area contributed by atoms with Gasteiger partial charge < -0.3 is 15.4 Å². The van der Waals surface area contributed by atoms with Gasteiger partial charge in [0.25, 0.3) is 0 Å². The molecular weight excluding hydrogens is 456 g/mol. The van der Waals surface area contributed by atoms with E-state index in [0.29, 0.717) is 46.5 Å². The Hall–Kier alpha value is -3.98. The van der Waals surface area contributed by atoms with E-state index in [4.69, 9.17) is 21.3 Å². The number of carbonyl (C=O) groups excluding carboxylic acids is 2. The number of imidazole rings is 1. The van der Waals surface area contributed by atoms with Crippen molar-refractivity contribution in [3.63, 3.8) is 0 Å². The van der Waals surface area contributed by atoms with E-state index < -0.39 is 11.7 Å². The molecule has 0 atom stereocenters. The van der Waals surface area contributed by atoms with Crippen molar-refractivity contribution in [3.05, 3.63) is 65.4 Å². The van der Waals surface area contributed by atoms with Crippen LogP contribution in [0, 0.1) is 0 Å². The summed E-state index contributed by atoms with van der Waals surface area (Å²) in [7, 11) is 0. The number of fused-ring (bicyclic) bond motifs is 1. The molecule has 0 unspecified atom stereocenters. The highest BCUT2D eigenvalue weighted by Gasteiger charge is 2.19. The Morgan fingerprint density at radius 1 is 1.12 bits per heavy atom. The molecule has 4 aromatic rings. The Balaban J connectivity index is 1.71. The summed E-state index contributed by atoms with van der Waals surface area (Å²) in [5.74, 6) is 0.917. The maximum Gasteiger partial charge on any atom is 0.407 e. The van der Waals surface area contributed by atoms with Gasteiger partial charge in [-0.15, -0.1) is 0 Å². The molecule has 0 aliphatic carbocycles. The fraction of sp³-hybridized carbons (Fsp3) is 0.208. The molecule has 0 aliphatic heterocycles. The third-order valence-electron chi connectivity index (χ3n) is 4.75. The molecule has 0 spiro atoms. The second kappa shape index (κ2) is 9.48. The lowest BCUT2D eigenvalue weighted by atomic mass is 10.2. The first-order valence-electron chi connectivity index (χ1n) is 10.5. The molecule has 2 amide bonds. The molecule has 9 nitrogen and oxygen atoms in total. The molecule has 0 bridgehead atoms. The van der Waals surface area contributed by atoms with Crippen LogP contribution in [0.3, 0.4) is 0 Å². The van der Waals surface area contributed by atoms with Gasteiger partial charge in [-0.05, 0) is 62.7 Å². The number of hydrogen-bond acceptors (Lipinski definition) is 6. The molecule has 0 saturated heterocycles. The first-order chi connectivity index (χ1) is 16.2. The molecule has 34 heavy (non-hydrogen) atoms. The maximum atomic E-state index is 11.9. The molecule has 3 heterocycles. The first kappa shape index (κ1) is 23.2. The molecule has 0 aliphatic rings. The summed E-state index contributed by atoms with van der Waals surface area (Å²) in [5, 5.41) is 5.69. The van der Waals surface area contributed by atoms with E-state index in [1.165, 1.54) is 0 Å². The Kier molecular flexibility index (Phi) is 6.47. The monoisotopic (exact) mass is 478 g/mol. The number of halogens is 1. The molecule has 1 aromatic carbocycles. The number of aromatic nitrogens is 4. The number of ether oxygens (including phenoxy) is 1. The van der Waals surface area contributed by atoms with Gasteiger partial charge in [0, 0.05) is 18.4 Å². The minimum absolute atomic E-state index is 0.312. The normalized spacial score (nSPS) is 11.3. The minimum Gasteiger partial charge on any atom is -0.444 e. The number of amides is 2. The number of anilines is 1. The van der Waals surface area contributed by atoms with E-state index in [0.717, 1.165) is 11.3 Å². The van der Waals surface area contributed by atoms with Gasteiger partial charge in [0.05, 0.1) is 5.56 Å². The fourth-order valence-electron chi connectivity index (χ4n) is 3.37. The number of hydrogen-bond donors (Lipinski definition) is 2. The smallest absolute Gasteiger partial charge is 0.407 e. The van der Waals surface area contributed by atoms with E-state index in [2.05, 4.69) is 20.6 Å². The summed E-state index contributed by atoms with van der Waals surface area (Å²) in [6.45, 7) is 5.75. The van der Waals surface area contributed by atoms with Gasteiger partial charge in [-0.3, -0.25) is 9.36 Å². The molecule has 174 valence electrons. The van der Waals surface area contributed by atoms with E-state index in [1.807, 2.05) is 55.7 Å². The number of nitrogens with zero attached hydrogens (tertiary/aromatic N) is 4. The molecule has 3 aromatic heterocycles. The first-order valence-corrected chi connectivity index (χ1v) is 10.9. The summed E-state index contributed by atoms with van der Waals surface area (Å²) in [4.78, 5) is 36.5. The number of benzene rings is 1. The van der Waals surface area contributed by atoms with Gasteiger partial charge >= 0.3 is 6.09 Å². The van der Waals surface area contributed by atoms with Crippen molar-refractivity contribution in [2.45, 2.75) is 32.9 Å². The van der Waals surface area contributed by atoms with Gasteiger partial charge in [0.1, 0.15) is 22.1 Å². The SMILES string of the molecule is CC(C)(C)OC(=O)NCc1ccc(-n2c(-c3cccnc3NC=O)nc3ccc(Cl)nc32)cc1. The second-order valence-electron chi connectivity index (χ2n) is 8.43. The lowest BCUT2D eigenvalue weighted by molar-refractivity contribution is -0.105. The fourth-order valence-corrected chi connectivity index (χ4v) is 3.51. The topological polar surface area (TPSA) is 111 Å². The number of rotatable bonds is 6. The lowest BCUT2D eigenvalue weighted by Gasteiger charge is -2.19. The van der Waals surface area contributed by atoms with E-state index in [1.54, 1.807) is 24.4 Å². The van der Waals surface area contributed by atoms with Crippen LogP contribution in [0.15, 0.2) is 54.7 Å². The highest BCUT2D eigenvalue weighted by molar-refractivity contribution is 6.29. The molecule has 4 rings (SSSR count). The molecular formula is C24H23ClN6O3. The lowest BCUT2D eigenvalue weighted by Crippen LogP contribution is -2.32. The number of pyridine rings is 2. The van der Waals surface area contributed by atoms with Crippen LogP contribution >= 0.6 is 11.6 Å². The van der Waals surface area contributed by atoms with Crippen LogP contribution in [0.2, 0.25) is 5.15 Å². The average Bonchev–Trinajstić information content (AvgIpc) is 3.16. The standard InChI is InChI=1S/C24H23ClN6O3/c1-24(2,3)34-23(33)27-13-15-6-8-16(9-7-15)31-21(17-5-4-12-26-20(17)28-14-32)29-18-10-11-19(25)30-22(18)31/h4-12,14H,13H2,1-3H3,(H,27,33)(H,26,28,32). The van der Waals surface area contributed by atoms with Crippen LogP contribution in [0.25, 0.3) is 28.2 Å². The second-order valence-corrected chi connectivity index (χ2v) is 8.82. The number of carbonyl (C=O) groups is 2. The number of alkyl carbamates (subject to hydrolysis) is 1. The zero-order chi connectivity index (χ0) is 24.3. The third-order valence-corrected chi connectivity index (χ3v) is 4.96. The summed E-state index contributed by atoms with van der Waals surface area (Å²) in [6.07, 6.45) is 1.68. The van der Waals surface area contributed by atoms with Crippen molar-refractivity contribution < 1.29 is 14.3 Å². The average molecular weight is 479 g/mol. The van der Waals surface area contributed by atoms with Crippen LogP contribution in [-0.2, 0) is 16.1 Å². The maximum absolute atomic E-state index is 11.9. The molecule has 0 saturated carbocycles. The van der Waals surface area contributed by atoms with Crippen LogP contribution in [0.1, 0.15) is 26.3 Å². The molecule has 0 fully saturated rings. The van der Waals surface area contributed by atoms with Crippen molar-refractivity contribution in [2.75, 3.05) is 5.32 Å². The Labute approximate surface area is 201 Å². The van der Waals surface area contributed by atoms with Crippen molar-refractivity contribution in [1.82, 2.24) is 24.8 Å². The van der Waals surface area contributed by atoms with E-state index in [-0.39, 0.29) is 0 Å². The zero-order valence-electron chi connectivity index (χ0n) is 18.9. The van der Waals surface area contributed by atoms with E-state index >= 15 is 0 Å². The molecule has 0 radical (unpaired) electrons. The minimum atomic E-state index is -0.565. The van der Waals surface area contributed by atoms with Crippen LogP contribution in [0.4, 0.5) is 10.6 Å². The van der Waals surface area contributed by atoms with Gasteiger partial charge in [-0.2, -0.15) is 0 Å². The molecule has 2 N–H and O–H groups in total. The third kappa shape index (κ3) is 5.15. The van der Waals surface area contributed by atoms with Gasteiger partial charge in [0.2, 0.25) is 6.41 Å². The Morgan fingerprint density at radius 3 is 2.59 bits per heavy atom. The van der Waals surface area contributed by atoms with Crippen molar-refractivity contribution in [2.24, 2.45) is 0 Å².